The second-order valence-electron chi connectivity index (χ2n) is 15.0. The Labute approximate surface area is 341 Å². The Hall–Kier alpha value is -2.78. The number of carbonyl (C=O) groups excluding carboxylic acids is 2. The molecule has 8 heteroatoms. The van der Waals surface area contributed by atoms with Crippen LogP contribution < -0.4 is 0 Å². The maximum atomic E-state index is 14.8. The van der Waals surface area contributed by atoms with E-state index in [0.717, 1.165) is 46.8 Å². The topological polar surface area (TPSA) is 40.6 Å². The van der Waals surface area contributed by atoms with Crippen molar-refractivity contribution in [3.05, 3.63) is 80.2 Å². The molecule has 290 valence electrons. The average Bonchev–Trinajstić information content (AvgIpc) is 4.04. The second-order valence-corrected chi connectivity index (χ2v) is 19.1. The summed E-state index contributed by atoms with van der Waals surface area (Å²) in [7, 11) is 0. The molecule has 0 bridgehead atoms. The first-order chi connectivity index (χ1) is 26.6. The summed E-state index contributed by atoms with van der Waals surface area (Å²) in [5, 5.41) is 4.22. The van der Waals surface area contributed by atoms with Crippen molar-refractivity contribution in [3.8, 4) is 19.5 Å². The van der Waals surface area contributed by atoms with E-state index in [1.54, 1.807) is 45.3 Å². The number of thiophene rings is 4. The standard InChI is InChI=1S/C46H60N2O2S4/c1-3-5-7-9-11-13-15-17-19-21-31-47-43(39-29-27-37(53-39)35-25-23-33-51-35)41-42(45(47)49)44(40-30-28-38(54-40)36-26-24-34-52-36)48(46(41)50)32-22-20-18-16-14-12-10-8-6-4-2/h23-30,33-34H,3-22,31-32H2,1-2H3. The summed E-state index contributed by atoms with van der Waals surface area (Å²) in [6, 6.07) is 17.1. The minimum absolute atomic E-state index is 0.00185. The molecule has 0 aliphatic carbocycles. The Morgan fingerprint density at radius 1 is 0.407 bits per heavy atom. The zero-order chi connectivity index (χ0) is 37.5. The molecule has 0 saturated carbocycles. The summed E-state index contributed by atoms with van der Waals surface area (Å²) < 4.78 is 0. The third-order valence-corrected chi connectivity index (χ3v) is 15.2. The Bertz CT molecular complexity index is 1680. The molecule has 6 rings (SSSR count). The molecule has 4 aromatic heterocycles. The van der Waals surface area contributed by atoms with Crippen LogP contribution in [0, 0.1) is 0 Å². The molecular weight excluding hydrogens is 741 g/mol. The van der Waals surface area contributed by atoms with Gasteiger partial charge in [-0.3, -0.25) is 9.59 Å². The smallest absolute Gasteiger partial charge is 0.261 e. The van der Waals surface area contributed by atoms with Crippen LogP contribution in [0.15, 0.2) is 70.4 Å². The maximum Gasteiger partial charge on any atom is 0.261 e. The van der Waals surface area contributed by atoms with Crippen molar-refractivity contribution in [3.63, 3.8) is 0 Å². The van der Waals surface area contributed by atoms with Crippen LogP contribution in [-0.2, 0) is 9.59 Å². The number of rotatable bonds is 26. The third kappa shape index (κ3) is 10.3. The van der Waals surface area contributed by atoms with E-state index in [-0.39, 0.29) is 11.8 Å². The van der Waals surface area contributed by atoms with Crippen molar-refractivity contribution in [2.45, 2.75) is 142 Å². The minimum atomic E-state index is 0.00185. The fourth-order valence-electron chi connectivity index (χ4n) is 7.88. The monoisotopic (exact) mass is 800 g/mol. The highest BCUT2D eigenvalue weighted by molar-refractivity contribution is 7.22. The highest BCUT2D eigenvalue weighted by Crippen LogP contribution is 2.50. The Balaban J connectivity index is 1.23. The zero-order valence-electron chi connectivity index (χ0n) is 32.7. The normalized spacial score (nSPS) is 14.5. The highest BCUT2D eigenvalue weighted by Gasteiger charge is 2.49. The van der Waals surface area contributed by atoms with Crippen LogP contribution in [0.5, 0.6) is 0 Å². The molecule has 4 nitrogen and oxygen atoms in total. The lowest BCUT2D eigenvalue weighted by molar-refractivity contribution is -0.124. The first-order valence-corrected chi connectivity index (χ1v) is 24.4. The van der Waals surface area contributed by atoms with Gasteiger partial charge in [0, 0.05) is 32.6 Å². The Kier molecular flexibility index (Phi) is 16.3. The molecule has 0 aromatic carbocycles. The number of carbonyl (C=O) groups is 2. The molecule has 6 heterocycles. The molecule has 0 saturated heterocycles. The van der Waals surface area contributed by atoms with Gasteiger partial charge in [-0.25, -0.2) is 0 Å². The summed E-state index contributed by atoms with van der Waals surface area (Å²) in [6.45, 7) is 5.84. The molecule has 0 atom stereocenters. The highest BCUT2D eigenvalue weighted by atomic mass is 32.1. The number of amides is 2. The molecule has 0 spiro atoms. The summed E-state index contributed by atoms with van der Waals surface area (Å²) >= 11 is 6.88. The molecule has 2 amide bonds. The van der Waals surface area contributed by atoms with Crippen molar-refractivity contribution < 1.29 is 9.59 Å². The van der Waals surface area contributed by atoms with Gasteiger partial charge < -0.3 is 9.80 Å². The van der Waals surface area contributed by atoms with E-state index in [9.17, 15) is 9.59 Å². The van der Waals surface area contributed by atoms with Gasteiger partial charge in [0.05, 0.1) is 32.3 Å². The first kappa shape index (κ1) is 40.9. The van der Waals surface area contributed by atoms with Crippen LogP contribution in [0.2, 0.25) is 0 Å². The third-order valence-electron chi connectivity index (χ3n) is 10.9. The van der Waals surface area contributed by atoms with Gasteiger partial charge in [0.25, 0.3) is 11.8 Å². The average molecular weight is 801 g/mol. The SMILES string of the molecule is CCCCCCCCCCCCN1C(=O)C2=C(c3ccc(-c4cccs4)s3)N(CCCCCCCCCCCC)C(=O)C2=C1c1ccc(-c2cccs2)s1. The van der Waals surface area contributed by atoms with Crippen LogP contribution >= 0.6 is 45.3 Å². The fraction of sp³-hybridized carbons (Fsp3) is 0.522. The largest absolute Gasteiger partial charge is 0.306 e. The van der Waals surface area contributed by atoms with E-state index in [0.29, 0.717) is 24.2 Å². The number of fused-ring (bicyclic) bond motifs is 1. The number of hydrogen-bond donors (Lipinski definition) is 0. The van der Waals surface area contributed by atoms with Gasteiger partial charge in [-0.05, 0) is 60.0 Å². The van der Waals surface area contributed by atoms with E-state index in [2.05, 4.69) is 73.1 Å². The van der Waals surface area contributed by atoms with Crippen molar-refractivity contribution in [2.24, 2.45) is 0 Å². The number of hydrogen-bond acceptors (Lipinski definition) is 6. The van der Waals surface area contributed by atoms with Gasteiger partial charge >= 0.3 is 0 Å². The Morgan fingerprint density at radius 2 is 0.741 bits per heavy atom. The summed E-state index contributed by atoms with van der Waals surface area (Å²) in [5.41, 5.74) is 2.92. The summed E-state index contributed by atoms with van der Waals surface area (Å²) in [4.78, 5) is 40.4. The zero-order valence-corrected chi connectivity index (χ0v) is 35.9. The maximum absolute atomic E-state index is 14.8. The van der Waals surface area contributed by atoms with E-state index < -0.39 is 0 Å². The Morgan fingerprint density at radius 3 is 1.07 bits per heavy atom. The molecule has 2 aliphatic heterocycles. The number of unbranched alkanes of at least 4 members (excludes halogenated alkanes) is 18. The van der Waals surface area contributed by atoms with Gasteiger partial charge in [-0.1, -0.05) is 142 Å². The van der Waals surface area contributed by atoms with Crippen molar-refractivity contribution in [1.82, 2.24) is 9.80 Å². The van der Waals surface area contributed by atoms with Crippen LogP contribution in [0.25, 0.3) is 30.9 Å². The van der Waals surface area contributed by atoms with Crippen LogP contribution in [0.4, 0.5) is 0 Å². The first-order valence-electron chi connectivity index (χ1n) is 21.0. The predicted octanol–water partition coefficient (Wildman–Crippen LogP) is 14.9. The summed E-state index contributed by atoms with van der Waals surface area (Å²) in [5.74, 6) is 0.00369. The van der Waals surface area contributed by atoms with E-state index in [1.165, 1.54) is 122 Å². The van der Waals surface area contributed by atoms with Gasteiger partial charge in [-0.15, -0.1) is 45.3 Å². The molecule has 0 fully saturated rings. The van der Waals surface area contributed by atoms with Crippen molar-refractivity contribution in [1.29, 1.82) is 0 Å². The van der Waals surface area contributed by atoms with E-state index >= 15 is 0 Å². The predicted molar refractivity (Wildman–Crippen MR) is 236 cm³/mol. The van der Waals surface area contributed by atoms with Gasteiger partial charge in [-0.2, -0.15) is 0 Å². The lowest BCUT2D eigenvalue weighted by Gasteiger charge is -2.24. The summed E-state index contributed by atoms with van der Waals surface area (Å²) in [6.07, 6.45) is 25.0. The van der Waals surface area contributed by atoms with Gasteiger partial charge in [0.1, 0.15) is 0 Å². The van der Waals surface area contributed by atoms with Crippen LogP contribution in [-0.4, -0.2) is 34.7 Å². The lowest BCUT2D eigenvalue weighted by atomic mass is 10.1. The van der Waals surface area contributed by atoms with Crippen LogP contribution in [0.3, 0.4) is 0 Å². The van der Waals surface area contributed by atoms with Crippen molar-refractivity contribution >= 4 is 68.6 Å². The van der Waals surface area contributed by atoms with Crippen LogP contribution in [0.1, 0.15) is 152 Å². The quantitative estimate of drug-likeness (QED) is 0.0594. The minimum Gasteiger partial charge on any atom is -0.306 e. The number of nitrogens with zero attached hydrogens (tertiary/aromatic N) is 2. The molecule has 2 aliphatic rings. The lowest BCUT2D eigenvalue weighted by Crippen LogP contribution is -2.30. The molecule has 4 aromatic rings. The molecule has 0 radical (unpaired) electrons. The van der Waals surface area contributed by atoms with Gasteiger partial charge in [0.15, 0.2) is 0 Å². The second kappa shape index (κ2) is 21.5. The van der Waals surface area contributed by atoms with Gasteiger partial charge in [0.2, 0.25) is 0 Å². The molecule has 0 N–H and O–H groups in total. The van der Waals surface area contributed by atoms with Crippen molar-refractivity contribution in [2.75, 3.05) is 13.1 Å². The molecule has 54 heavy (non-hydrogen) atoms. The molecular formula is C46H60N2O2S4. The fourth-order valence-corrected chi connectivity index (χ4v) is 11.7. The molecule has 0 unspecified atom stereocenters. The van der Waals surface area contributed by atoms with E-state index in [1.807, 2.05) is 9.80 Å². The van der Waals surface area contributed by atoms with E-state index in [4.69, 9.17) is 0 Å².